The predicted molar refractivity (Wildman–Crippen MR) is 96.6 cm³/mol. The molecule has 114 valence electrons. The van der Waals surface area contributed by atoms with Gasteiger partial charge in [-0.3, -0.25) is 15.1 Å². The molecule has 23 heavy (non-hydrogen) atoms. The molecule has 0 unspecified atom stereocenters. The molecule has 4 nitrogen and oxygen atoms in total. The Morgan fingerprint density at radius 3 is 2.57 bits per heavy atom. The minimum Gasteiger partial charge on any atom is -0.331 e. The number of para-hydroxylation sites is 1. The molecule has 0 fully saturated rings. The Morgan fingerprint density at radius 1 is 1.04 bits per heavy atom. The number of nitrogens with one attached hydrogen (secondary N) is 2. The zero-order chi connectivity index (χ0) is 16.2. The molecule has 1 amide bonds. The number of hydrogen-bond acceptors (Lipinski definition) is 3. The second-order valence-electron chi connectivity index (χ2n) is 5.15. The number of hydrogen-bond donors (Lipinski definition) is 2. The van der Waals surface area contributed by atoms with Gasteiger partial charge in [-0.15, -0.1) is 0 Å². The van der Waals surface area contributed by atoms with E-state index in [0.29, 0.717) is 5.56 Å². The maximum absolute atomic E-state index is 12.2. The van der Waals surface area contributed by atoms with Crippen molar-refractivity contribution in [2.45, 2.75) is 6.92 Å². The molecule has 0 spiro atoms. The molecule has 1 heterocycles. The molecule has 0 aliphatic heterocycles. The first kappa shape index (κ1) is 15.1. The summed E-state index contributed by atoms with van der Waals surface area (Å²) in [5.74, 6) is -0.240. The van der Waals surface area contributed by atoms with Crippen LogP contribution in [0.5, 0.6) is 0 Å². The third-order valence-electron chi connectivity index (χ3n) is 3.42. The first-order chi connectivity index (χ1) is 11.1. The van der Waals surface area contributed by atoms with Crippen LogP contribution in [-0.2, 0) is 0 Å². The summed E-state index contributed by atoms with van der Waals surface area (Å²) in [6, 6.07) is 16.9. The Morgan fingerprint density at radius 2 is 1.78 bits per heavy atom. The topological polar surface area (TPSA) is 54.0 Å². The number of fused-ring (bicyclic) bond motifs is 1. The van der Waals surface area contributed by atoms with Crippen molar-refractivity contribution >= 4 is 39.8 Å². The van der Waals surface area contributed by atoms with Gasteiger partial charge in [0.15, 0.2) is 5.11 Å². The first-order valence-electron chi connectivity index (χ1n) is 7.16. The lowest BCUT2D eigenvalue weighted by molar-refractivity contribution is 0.0977. The lowest BCUT2D eigenvalue weighted by atomic mass is 10.1. The van der Waals surface area contributed by atoms with Crippen LogP contribution in [0.15, 0.2) is 60.8 Å². The van der Waals surface area contributed by atoms with E-state index in [4.69, 9.17) is 12.2 Å². The van der Waals surface area contributed by atoms with Gasteiger partial charge in [-0.05, 0) is 43.4 Å². The van der Waals surface area contributed by atoms with Crippen molar-refractivity contribution in [2.75, 3.05) is 5.32 Å². The Hall–Kier alpha value is -2.79. The predicted octanol–water partition coefficient (Wildman–Crippen LogP) is 3.67. The van der Waals surface area contributed by atoms with Crippen molar-refractivity contribution in [1.29, 1.82) is 0 Å². The monoisotopic (exact) mass is 321 g/mol. The summed E-state index contributed by atoms with van der Waals surface area (Å²) in [4.78, 5) is 16.5. The minimum absolute atomic E-state index is 0.240. The van der Waals surface area contributed by atoms with Crippen molar-refractivity contribution in [3.63, 3.8) is 0 Å². The van der Waals surface area contributed by atoms with Gasteiger partial charge in [-0.2, -0.15) is 0 Å². The molecule has 0 atom stereocenters. The molecule has 0 saturated heterocycles. The smallest absolute Gasteiger partial charge is 0.257 e. The first-order valence-corrected chi connectivity index (χ1v) is 7.57. The number of benzene rings is 2. The van der Waals surface area contributed by atoms with E-state index >= 15 is 0 Å². The summed E-state index contributed by atoms with van der Waals surface area (Å²) in [7, 11) is 0. The third kappa shape index (κ3) is 3.52. The highest BCUT2D eigenvalue weighted by Gasteiger charge is 2.09. The number of thiocarbonyl (C=S) groups is 1. The maximum Gasteiger partial charge on any atom is 0.257 e. The average Bonchev–Trinajstić information content (AvgIpc) is 2.55. The van der Waals surface area contributed by atoms with Gasteiger partial charge in [-0.25, -0.2) is 0 Å². The summed E-state index contributed by atoms with van der Waals surface area (Å²) >= 11 is 5.23. The summed E-state index contributed by atoms with van der Waals surface area (Å²) < 4.78 is 0. The number of rotatable bonds is 2. The fourth-order valence-electron chi connectivity index (χ4n) is 2.24. The van der Waals surface area contributed by atoms with Crippen molar-refractivity contribution in [2.24, 2.45) is 0 Å². The number of carbonyl (C=O) groups is 1. The number of anilines is 1. The lowest BCUT2D eigenvalue weighted by Gasteiger charge is -2.11. The highest BCUT2D eigenvalue weighted by atomic mass is 32.1. The lowest BCUT2D eigenvalue weighted by Crippen LogP contribution is -2.34. The van der Waals surface area contributed by atoms with Crippen molar-refractivity contribution in [1.82, 2.24) is 10.3 Å². The number of pyridine rings is 1. The van der Waals surface area contributed by atoms with E-state index in [1.807, 2.05) is 49.4 Å². The van der Waals surface area contributed by atoms with Crippen LogP contribution >= 0.6 is 12.2 Å². The molecule has 1 aromatic heterocycles. The van der Waals surface area contributed by atoms with Crippen molar-refractivity contribution in [3.8, 4) is 0 Å². The second-order valence-corrected chi connectivity index (χ2v) is 5.56. The fraction of sp³-hybridized carbons (Fsp3) is 0.0556. The third-order valence-corrected chi connectivity index (χ3v) is 3.63. The van der Waals surface area contributed by atoms with Gasteiger partial charge in [0, 0.05) is 17.1 Å². The molecule has 2 N–H and O–H groups in total. The van der Waals surface area contributed by atoms with Crippen molar-refractivity contribution in [3.05, 3.63) is 71.9 Å². The zero-order valence-corrected chi connectivity index (χ0v) is 13.4. The van der Waals surface area contributed by atoms with Gasteiger partial charge in [0.1, 0.15) is 0 Å². The van der Waals surface area contributed by atoms with Crippen LogP contribution < -0.4 is 10.6 Å². The highest BCUT2D eigenvalue weighted by molar-refractivity contribution is 7.80. The molecule has 0 aliphatic rings. The van der Waals surface area contributed by atoms with Crippen LogP contribution in [0.2, 0.25) is 0 Å². The zero-order valence-electron chi connectivity index (χ0n) is 12.5. The van der Waals surface area contributed by atoms with Crippen LogP contribution in [-0.4, -0.2) is 16.0 Å². The van der Waals surface area contributed by atoms with Crippen LogP contribution in [0.4, 0.5) is 5.69 Å². The summed E-state index contributed by atoms with van der Waals surface area (Å²) in [6.45, 7) is 1.97. The van der Waals surface area contributed by atoms with E-state index < -0.39 is 0 Å². The number of aromatic nitrogens is 1. The van der Waals surface area contributed by atoms with Gasteiger partial charge in [-0.1, -0.05) is 35.9 Å². The van der Waals surface area contributed by atoms with Crippen LogP contribution in [0.3, 0.4) is 0 Å². The van der Waals surface area contributed by atoms with E-state index in [-0.39, 0.29) is 11.0 Å². The molecule has 5 heteroatoms. The van der Waals surface area contributed by atoms with Crippen LogP contribution in [0.25, 0.3) is 10.9 Å². The Bertz CT molecular complexity index is 870. The Labute approximate surface area is 139 Å². The summed E-state index contributed by atoms with van der Waals surface area (Å²) in [5.41, 5.74) is 3.24. The molecule has 0 saturated carbocycles. The molecular weight excluding hydrogens is 306 g/mol. The molecule has 0 bridgehead atoms. The minimum atomic E-state index is -0.240. The SMILES string of the molecule is Cc1ccc(C(=O)NC(=S)Nc2cccc3cccnc23)cc1. The van der Waals surface area contributed by atoms with E-state index in [1.54, 1.807) is 18.3 Å². The second kappa shape index (κ2) is 6.54. The standard InChI is InChI=1S/C18H15N3OS/c1-12-7-9-14(10-8-12)17(22)21-18(23)20-15-6-2-4-13-5-3-11-19-16(13)15/h2-11H,1H3,(H2,20,21,22,23). The van der Waals surface area contributed by atoms with Gasteiger partial charge >= 0.3 is 0 Å². The quantitative estimate of drug-likeness (QED) is 0.707. The highest BCUT2D eigenvalue weighted by Crippen LogP contribution is 2.20. The Balaban J connectivity index is 1.74. The molecule has 3 aromatic rings. The van der Waals surface area contributed by atoms with E-state index in [0.717, 1.165) is 22.2 Å². The largest absolute Gasteiger partial charge is 0.331 e. The number of aryl methyl sites for hydroxylation is 1. The Kier molecular flexibility index (Phi) is 4.30. The molecule has 0 aliphatic carbocycles. The van der Waals surface area contributed by atoms with E-state index in [9.17, 15) is 4.79 Å². The molecule has 0 radical (unpaired) electrons. The van der Waals surface area contributed by atoms with Crippen LogP contribution in [0, 0.1) is 6.92 Å². The van der Waals surface area contributed by atoms with Crippen LogP contribution in [0.1, 0.15) is 15.9 Å². The normalized spacial score (nSPS) is 10.3. The van der Waals surface area contributed by atoms with Gasteiger partial charge in [0.2, 0.25) is 0 Å². The molecule has 3 rings (SSSR count). The summed E-state index contributed by atoms with van der Waals surface area (Å²) in [6.07, 6.45) is 1.72. The molecular formula is C18H15N3OS. The van der Waals surface area contributed by atoms with Gasteiger partial charge in [0.05, 0.1) is 11.2 Å². The summed E-state index contributed by atoms with van der Waals surface area (Å²) in [5, 5.41) is 6.97. The maximum atomic E-state index is 12.2. The van der Waals surface area contributed by atoms with Gasteiger partial charge in [0.25, 0.3) is 5.91 Å². The average molecular weight is 321 g/mol. The fourth-order valence-corrected chi connectivity index (χ4v) is 2.44. The van der Waals surface area contributed by atoms with Gasteiger partial charge < -0.3 is 5.32 Å². The number of carbonyl (C=O) groups excluding carboxylic acids is 1. The van der Waals surface area contributed by atoms with E-state index in [2.05, 4.69) is 15.6 Å². The number of amides is 1. The number of nitrogens with zero attached hydrogens (tertiary/aromatic N) is 1. The van der Waals surface area contributed by atoms with E-state index in [1.165, 1.54) is 0 Å². The van der Waals surface area contributed by atoms with Crippen molar-refractivity contribution < 1.29 is 4.79 Å². The molecule has 2 aromatic carbocycles.